The van der Waals surface area contributed by atoms with Crippen LogP contribution in [0.4, 0.5) is 5.69 Å². The normalized spacial score (nSPS) is 17.1. The van der Waals surface area contributed by atoms with Gasteiger partial charge in [0.1, 0.15) is 11.4 Å². The van der Waals surface area contributed by atoms with Crippen LogP contribution in [-0.2, 0) is 0 Å². The zero-order valence-corrected chi connectivity index (χ0v) is 12.5. The molecule has 3 heteroatoms. The van der Waals surface area contributed by atoms with E-state index in [1.807, 2.05) is 25.1 Å². The molecule has 1 aromatic rings. The van der Waals surface area contributed by atoms with E-state index in [-0.39, 0.29) is 11.4 Å². The van der Waals surface area contributed by atoms with Crippen molar-refractivity contribution >= 4 is 11.5 Å². The van der Waals surface area contributed by atoms with Crippen molar-refractivity contribution in [2.24, 2.45) is 0 Å². The Hall–Kier alpha value is -1.51. The van der Waals surface area contributed by atoms with E-state index in [4.69, 9.17) is 4.74 Å². The highest BCUT2D eigenvalue weighted by atomic mass is 16.5. The lowest BCUT2D eigenvalue weighted by Gasteiger charge is -2.43. The number of ether oxygens (including phenoxy) is 1. The van der Waals surface area contributed by atoms with Gasteiger partial charge in [0.2, 0.25) is 0 Å². The Kier molecular flexibility index (Phi) is 3.57. The van der Waals surface area contributed by atoms with Crippen molar-refractivity contribution in [3.05, 3.63) is 23.8 Å². The Morgan fingerprint density at radius 1 is 1.42 bits per heavy atom. The van der Waals surface area contributed by atoms with Crippen LogP contribution in [0.3, 0.4) is 0 Å². The lowest BCUT2D eigenvalue weighted by Crippen LogP contribution is -2.49. The molecule has 1 aliphatic heterocycles. The molecule has 19 heavy (non-hydrogen) atoms. The van der Waals surface area contributed by atoms with Gasteiger partial charge in [0.15, 0.2) is 5.78 Å². The zero-order chi connectivity index (χ0) is 14.2. The molecule has 0 saturated heterocycles. The summed E-state index contributed by atoms with van der Waals surface area (Å²) < 4.78 is 6.02. The number of carbonyl (C=O) groups excluding carboxylic acids is 1. The molecule has 0 saturated carbocycles. The zero-order valence-electron chi connectivity index (χ0n) is 12.5. The van der Waals surface area contributed by atoms with Crippen LogP contribution in [0.5, 0.6) is 5.75 Å². The minimum atomic E-state index is -0.201. The fraction of sp³-hybridized carbons (Fsp3) is 0.562. The van der Waals surface area contributed by atoms with Gasteiger partial charge in [-0.15, -0.1) is 0 Å². The van der Waals surface area contributed by atoms with Crippen molar-refractivity contribution < 1.29 is 9.53 Å². The second-order valence-electron chi connectivity index (χ2n) is 6.04. The number of hydrogen-bond acceptors (Lipinski definition) is 3. The summed E-state index contributed by atoms with van der Waals surface area (Å²) in [4.78, 5) is 14.2. The molecular weight excluding hydrogens is 238 g/mol. The SMILES string of the molecule is CCC(=O)c1ccc2c(c1)N(C(C)C)CC(C)(C)O2. The number of fused-ring (bicyclic) bond motifs is 1. The molecule has 1 heterocycles. The van der Waals surface area contributed by atoms with Crippen LogP contribution in [0.15, 0.2) is 18.2 Å². The maximum absolute atomic E-state index is 11.8. The minimum absolute atomic E-state index is 0.177. The summed E-state index contributed by atoms with van der Waals surface area (Å²) >= 11 is 0. The van der Waals surface area contributed by atoms with E-state index in [9.17, 15) is 4.79 Å². The van der Waals surface area contributed by atoms with E-state index in [0.29, 0.717) is 12.5 Å². The Morgan fingerprint density at radius 2 is 2.11 bits per heavy atom. The Labute approximate surface area is 115 Å². The average Bonchev–Trinajstić information content (AvgIpc) is 2.35. The Morgan fingerprint density at radius 3 is 2.68 bits per heavy atom. The number of carbonyl (C=O) groups is 1. The summed E-state index contributed by atoms with van der Waals surface area (Å²) in [6, 6.07) is 6.14. The number of benzene rings is 1. The monoisotopic (exact) mass is 261 g/mol. The summed E-state index contributed by atoms with van der Waals surface area (Å²) in [6.07, 6.45) is 0.535. The van der Waals surface area contributed by atoms with Gasteiger partial charge in [0, 0.05) is 18.0 Å². The largest absolute Gasteiger partial charge is 0.484 e. The number of ketones is 1. The third-order valence-corrected chi connectivity index (χ3v) is 3.47. The quantitative estimate of drug-likeness (QED) is 0.778. The molecule has 0 aliphatic carbocycles. The fourth-order valence-electron chi connectivity index (χ4n) is 2.49. The molecule has 0 N–H and O–H groups in total. The molecule has 0 fully saturated rings. The number of Topliss-reactive ketones (excluding diaryl/α,β-unsaturated/α-hetero) is 1. The highest BCUT2D eigenvalue weighted by Crippen LogP contribution is 2.38. The summed E-state index contributed by atoms with van der Waals surface area (Å²) in [5, 5.41) is 0. The van der Waals surface area contributed by atoms with Crippen LogP contribution in [0, 0.1) is 0 Å². The minimum Gasteiger partial charge on any atom is -0.484 e. The molecule has 0 aromatic heterocycles. The molecular formula is C16H23NO2. The molecule has 0 bridgehead atoms. The van der Waals surface area contributed by atoms with Gasteiger partial charge in [-0.2, -0.15) is 0 Å². The van der Waals surface area contributed by atoms with E-state index >= 15 is 0 Å². The van der Waals surface area contributed by atoms with Gasteiger partial charge in [0.05, 0.1) is 12.2 Å². The van der Waals surface area contributed by atoms with Crippen LogP contribution in [0.1, 0.15) is 51.4 Å². The second kappa shape index (κ2) is 4.87. The van der Waals surface area contributed by atoms with Gasteiger partial charge in [-0.1, -0.05) is 6.92 Å². The Balaban J connectivity index is 2.46. The van der Waals surface area contributed by atoms with E-state index < -0.39 is 0 Å². The predicted molar refractivity (Wildman–Crippen MR) is 78.3 cm³/mol. The fourth-order valence-corrected chi connectivity index (χ4v) is 2.49. The van der Waals surface area contributed by atoms with Crippen molar-refractivity contribution in [3.8, 4) is 5.75 Å². The summed E-state index contributed by atoms with van der Waals surface area (Å²) in [7, 11) is 0. The van der Waals surface area contributed by atoms with Gasteiger partial charge < -0.3 is 9.64 Å². The van der Waals surface area contributed by atoms with Crippen molar-refractivity contribution in [1.29, 1.82) is 0 Å². The molecule has 0 spiro atoms. The molecule has 0 radical (unpaired) electrons. The van der Waals surface area contributed by atoms with E-state index in [1.165, 1.54) is 0 Å². The van der Waals surface area contributed by atoms with Crippen molar-refractivity contribution in [1.82, 2.24) is 0 Å². The van der Waals surface area contributed by atoms with Crippen LogP contribution in [-0.4, -0.2) is 24.0 Å². The first-order chi connectivity index (χ1) is 8.84. The number of rotatable bonds is 3. The molecule has 1 aliphatic rings. The van der Waals surface area contributed by atoms with Crippen molar-refractivity contribution in [2.75, 3.05) is 11.4 Å². The van der Waals surface area contributed by atoms with Gasteiger partial charge in [-0.3, -0.25) is 4.79 Å². The second-order valence-corrected chi connectivity index (χ2v) is 6.04. The maximum atomic E-state index is 11.8. The van der Waals surface area contributed by atoms with E-state index in [1.54, 1.807) is 0 Å². The van der Waals surface area contributed by atoms with Gasteiger partial charge >= 0.3 is 0 Å². The third kappa shape index (κ3) is 2.75. The molecule has 0 amide bonds. The van der Waals surface area contributed by atoms with E-state index in [0.717, 1.165) is 23.5 Å². The topological polar surface area (TPSA) is 29.5 Å². The van der Waals surface area contributed by atoms with Gasteiger partial charge in [-0.05, 0) is 45.9 Å². The first kappa shape index (κ1) is 13.9. The molecule has 3 nitrogen and oxygen atoms in total. The van der Waals surface area contributed by atoms with Crippen LogP contribution < -0.4 is 9.64 Å². The van der Waals surface area contributed by atoms with Crippen LogP contribution >= 0.6 is 0 Å². The molecule has 0 unspecified atom stereocenters. The van der Waals surface area contributed by atoms with Crippen LogP contribution in [0.2, 0.25) is 0 Å². The molecule has 104 valence electrons. The smallest absolute Gasteiger partial charge is 0.162 e. The molecule has 1 aromatic carbocycles. The third-order valence-electron chi connectivity index (χ3n) is 3.47. The highest BCUT2D eigenvalue weighted by molar-refractivity contribution is 5.97. The lowest BCUT2D eigenvalue weighted by atomic mass is 10.0. The Bertz CT molecular complexity index is 492. The predicted octanol–water partition coefficient (Wildman–Crippen LogP) is 3.67. The highest BCUT2D eigenvalue weighted by Gasteiger charge is 2.33. The standard InChI is InChI=1S/C16H23NO2/c1-6-14(18)12-7-8-15-13(9-12)17(11(2)3)10-16(4,5)19-15/h7-9,11H,6,10H2,1-5H3. The summed E-state index contributed by atoms with van der Waals surface area (Å²) in [5.41, 5.74) is 1.61. The molecule has 2 rings (SSSR count). The lowest BCUT2D eigenvalue weighted by molar-refractivity contribution is 0.0985. The molecule has 0 atom stereocenters. The summed E-state index contributed by atoms with van der Waals surface area (Å²) in [6.45, 7) is 11.2. The van der Waals surface area contributed by atoms with Crippen molar-refractivity contribution in [3.63, 3.8) is 0 Å². The summed E-state index contributed by atoms with van der Waals surface area (Å²) in [5.74, 6) is 1.05. The first-order valence-corrected chi connectivity index (χ1v) is 6.97. The number of hydrogen-bond donors (Lipinski definition) is 0. The van der Waals surface area contributed by atoms with Gasteiger partial charge in [0.25, 0.3) is 0 Å². The van der Waals surface area contributed by atoms with Crippen molar-refractivity contribution in [2.45, 2.75) is 52.7 Å². The number of nitrogens with zero attached hydrogens (tertiary/aromatic N) is 1. The maximum Gasteiger partial charge on any atom is 0.162 e. The first-order valence-electron chi connectivity index (χ1n) is 6.97. The average molecular weight is 261 g/mol. The number of anilines is 1. The van der Waals surface area contributed by atoms with E-state index in [2.05, 4.69) is 32.6 Å². The van der Waals surface area contributed by atoms with Crippen LogP contribution in [0.25, 0.3) is 0 Å². The van der Waals surface area contributed by atoms with Gasteiger partial charge in [-0.25, -0.2) is 0 Å².